The molecular formula is C7H13BrO2. The van der Waals surface area contributed by atoms with Gasteiger partial charge < -0.3 is 4.74 Å². The van der Waals surface area contributed by atoms with Crippen LogP contribution in [0.1, 0.15) is 33.1 Å². The van der Waals surface area contributed by atoms with Crippen molar-refractivity contribution in [2.45, 2.75) is 39.2 Å². The largest absolute Gasteiger partial charge is 0.454 e. The molecule has 2 nitrogen and oxygen atoms in total. The zero-order chi connectivity index (χ0) is 7.98. The van der Waals surface area contributed by atoms with Crippen molar-refractivity contribution in [3.8, 4) is 0 Å². The summed E-state index contributed by atoms with van der Waals surface area (Å²) in [5.41, 5.74) is 0. The molecule has 60 valence electrons. The maximum absolute atomic E-state index is 10.4. The summed E-state index contributed by atoms with van der Waals surface area (Å²) in [4.78, 5) is 10.0. The Bertz CT molecular complexity index is 104. The van der Waals surface area contributed by atoms with Crippen molar-refractivity contribution in [3.05, 3.63) is 0 Å². The number of ether oxygens (including phenoxy) is 1. The average molecular weight is 209 g/mol. The molecule has 1 atom stereocenters. The van der Waals surface area contributed by atoms with Crippen molar-refractivity contribution < 1.29 is 9.53 Å². The molecule has 10 heavy (non-hydrogen) atoms. The van der Waals surface area contributed by atoms with Gasteiger partial charge in [0.15, 0.2) is 0 Å². The molecular weight excluding hydrogens is 196 g/mol. The predicted molar refractivity (Wildman–Crippen MR) is 44.4 cm³/mol. The summed E-state index contributed by atoms with van der Waals surface area (Å²) >= 11 is 2.72. The van der Waals surface area contributed by atoms with Crippen LogP contribution in [0.4, 0.5) is 4.79 Å². The van der Waals surface area contributed by atoms with E-state index >= 15 is 0 Å². The lowest BCUT2D eigenvalue weighted by Crippen LogP contribution is -2.12. The number of hydrogen-bond donors (Lipinski definition) is 0. The van der Waals surface area contributed by atoms with E-state index in [2.05, 4.69) is 22.9 Å². The van der Waals surface area contributed by atoms with Gasteiger partial charge in [0, 0.05) is 15.9 Å². The Morgan fingerprint density at radius 3 is 2.50 bits per heavy atom. The minimum absolute atomic E-state index is 0.0943. The minimum atomic E-state index is -0.354. The Labute approximate surface area is 70.1 Å². The highest BCUT2D eigenvalue weighted by atomic mass is 79.9. The van der Waals surface area contributed by atoms with E-state index in [-0.39, 0.29) is 11.0 Å². The third kappa shape index (κ3) is 4.79. The summed E-state index contributed by atoms with van der Waals surface area (Å²) in [6.07, 6.45) is 2.99. The molecule has 0 aliphatic heterocycles. The zero-order valence-corrected chi connectivity index (χ0v) is 7.98. The van der Waals surface area contributed by atoms with Crippen LogP contribution >= 0.6 is 15.9 Å². The molecule has 0 saturated heterocycles. The molecule has 0 aliphatic rings. The van der Waals surface area contributed by atoms with Crippen LogP contribution in [-0.2, 0) is 4.74 Å². The third-order valence-electron chi connectivity index (χ3n) is 1.33. The Morgan fingerprint density at radius 2 is 2.20 bits per heavy atom. The second kappa shape index (κ2) is 5.71. The summed E-state index contributed by atoms with van der Waals surface area (Å²) in [5.74, 6) is 0. The van der Waals surface area contributed by atoms with E-state index < -0.39 is 0 Å². The lowest BCUT2D eigenvalue weighted by Gasteiger charge is -2.11. The van der Waals surface area contributed by atoms with Crippen molar-refractivity contribution in [2.24, 2.45) is 0 Å². The monoisotopic (exact) mass is 208 g/mol. The van der Waals surface area contributed by atoms with E-state index in [1.165, 1.54) is 0 Å². The van der Waals surface area contributed by atoms with Crippen molar-refractivity contribution in [1.82, 2.24) is 0 Å². The zero-order valence-electron chi connectivity index (χ0n) is 6.39. The molecule has 0 heterocycles. The second-order valence-electron chi connectivity index (χ2n) is 2.17. The maximum atomic E-state index is 10.4. The molecule has 0 spiro atoms. The van der Waals surface area contributed by atoms with E-state index in [4.69, 9.17) is 4.74 Å². The van der Waals surface area contributed by atoms with Crippen LogP contribution < -0.4 is 0 Å². The van der Waals surface area contributed by atoms with Crippen LogP contribution in [0.2, 0.25) is 0 Å². The highest BCUT2D eigenvalue weighted by Gasteiger charge is 2.07. The lowest BCUT2D eigenvalue weighted by atomic mass is 10.2. The molecule has 0 amide bonds. The number of halogens is 1. The molecule has 0 N–H and O–H groups in total. The summed E-state index contributed by atoms with van der Waals surface area (Å²) in [7, 11) is 0. The van der Waals surface area contributed by atoms with E-state index in [0.29, 0.717) is 0 Å². The Kier molecular flexibility index (Phi) is 5.69. The Hall–Kier alpha value is -0.0500. The fourth-order valence-electron chi connectivity index (χ4n) is 0.799. The van der Waals surface area contributed by atoms with E-state index in [1.807, 2.05) is 6.92 Å². The van der Waals surface area contributed by atoms with Crippen LogP contribution in [0.25, 0.3) is 0 Å². The molecule has 0 radical (unpaired) electrons. The van der Waals surface area contributed by atoms with Crippen molar-refractivity contribution in [1.29, 1.82) is 0 Å². The van der Waals surface area contributed by atoms with Gasteiger partial charge >= 0.3 is 4.88 Å². The van der Waals surface area contributed by atoms with E-state index in [1.54, 1.807) is 0 Å². The molecule has 0 aliphatic carbocycles. The topological polar surface area (TPSA) is 26.3 Å². The third-order valence-corrected chi connectivity index (χ3v) is 1.51. The van der Waals surface area contributed by atoms with Crippen LogP contribution in [0, 0.1) is 0 Å². The molecule has 0 saturated carbocycles. The average Bonchev–Trinajstić information content (AvgIpc) is 1.86. The smallest absolute Gasteiger partial charge is 0.374 e. The molecule has 0 bridgehead atoms. The number of carbonyl (C=O) groups is 1. The van der Waals surface area contributed by atoms with Gasteiger partial charge in [0.1, 0.15) is 6.10 Å². The number of carbonyl (C=O) groups excluding carboxylic acids is 1. The minimum Gasteiger partial charge on any atom is -0.454 e. The number of rotatable bonds is 4. The molecule has 3 heteroatoms. The number of hydrogen-bond acceptors (Lipinski definition) is 2. The van der Waals surface area contributed by atoms with Crippen molar-refractivity contribution in [3.63, 3.8) is 0 Å². The molecule has 1 unspecified atom stereocenters. The highest BCUT2D eigenvalue weighted by Crippen LogP contribution is 2.08. The first kappa shape index (κ1) is 9.95. The molecule has 0 aromatic carbocycles. The van der Waals surface area contributed by atoms with Gasteiger partial charge in [-0.15, -0.1) is 0 Å². The van der Waals surface area contributed by atoms with Crippen molar-refractivity contribution >= 4 is 20.8 Å². The Morgan fingerprint density at radius 1 is 1.60 bits per heavy atom. The first-order valence-electron chi connectivity index (χ1n) is 3.56. The Balaban J connectivity index is 3.49. The SMILES string of the molecule is CCCC(CC)OC(=O)Br. The first-order valence-corrected chi connectivity index (χ1v) is 4.36. The van der Waals surface area contributed by atoms with E-state index in [0.717, 1.165) is 19.3 Å². The van der Waals surface area contributed by atoms with Gasteiger partial charge in [-0.1, -0.05) is 20.3 Å². The first-order chi connectivity index (χ1) is 4.70. The van der Waals surface area contributed by atoms with Crippen molar-refractivity contribution in [2.75, 3.05) is 0 Å². The molecule has 0 rings (SSSR count). The summed E-state index contributed by atoms with van der Waals surface area (Å²) < 4.78 is 4.92. The summed E-state index contributed by atoms with van der Waals surface area (Å²) in [6.45, 7) is 4.08. The van der Waals surface area contributed by atoms with Crippen LogP contribution in [0.15, 0.2) is 0 Å². The highest BCUT2D eigenvalue weighted by molar-refractivity contribution is 9.18. The van der Waals surface area contributed by atoms with Crippen LogP contribution in [-0.4, -0.2) is 11.0 Å². The van der Waals surface area contributed by atoms with Crippen LogP contribution in [0.5, 0.6) is 0 Å². The predicted octanol–water partition coefficient (Wildman–Crippen LogP) is 3.10. The lowest BCUT2D eigenvalue weighted by molar-refractivity contribution is 0.115. The van der Waals surface area contributed by atoms with E-state index in [9.17, 15) is 4.79 Å². The molecule has 0 fully saturated rings. The van der Waals surface area contributed by atoms with Crippen LogP contribution in [0.3, 0.4) is 0 Å². The maximum Gasteiger partial charge on any atom is 0.374 e. The second-order valence-corrected chi connectivity index (χ2v) is 2.82. The molecule has 0 aromatic rings. The molecule has 0 aromatic heterocycles. The van der Waals surface area contributed by atoms with Gasteiger partial charge in [0.05, 0.1) is 0 Å². The van der Waals surface area contributed by atoms with Gasteiger partial charge in [-0.25, -0.2) is 4.79 Å². The van der Waals surface area contributed by atoms with Gasteiger partial charge in [0.25, 0.3) is 0 Å². The summed E-state index contributed by atoms with van der Waals surface area (Å²) in [6, 6.07) is 0. The standard InChI is InChI=1S/C7H13BrO2/c1-3-5-6(4-2)10-7(8)9/h6H,3-5H2,1-2H3. The van der Waals surface area contributed by atoms with Gasteiger partial charge in [-0.05, 0) is 12.8 Å². The quantitative estimate of drug-likeness (QED) is 0.665. The fraction of sp³-hybridized carbons (Fsp3) is 0.857. The summed E-state index contributed by atoms with van der Waals surface area (Å²) in [5, 5.41) is 0. The fourth-order valence-corrected chi connectivity index (χ4v) is 1.06. The van der Waals surface area contributed by atoms with Gasteiger partial charge in [0.2, 0.25) is 0 Å². The normalized spacial score (nSPS) is 12.7. The van der Waals surface area contributed by atoms with Gasteiger partial charge in [-0.2, -0.15) is 0 Å². The van der Waals surface area contributed by atoms with Gasteiger partial charge in [-0.3, -0.25) is 0 Å².